The number of amides is 1. The molecule has 1 amide bonds. The first-order chi connectivity index (χ1) is 7.40. The van der Waals surface area contributed by atoms with Crippen LogP contribution < -0.4 is 5.32 Å². The molecule has 0 saturated heterocycles. The summed E-state index contributed by atoms with van der Waals surface area (Å²) in [6.07, 6.45) is 2.61. The Labute approximate surface area is 94.2 Å². The van der Waals surface area contributed by atoms with Gasteiger partial charge in [0.05, 0.1) is 25.0 Å². The molecular formula is C10H17N3O3. The topological polar surface area (TPSA) is 76.4 Å². The van der Waals surface area contributed by atoms with Crippen LogP contribution in [-0.2, 0) is 11.3 Å². The van der Waals surface area contributed by atoms with Gasteiger partial charge in [-0.3, -0.25) is 10.00 Å². The van der Waals surface area contributed by atoms with Crippen LogP contribution in [0.2, 0.25) is 0 Å². The van der Waals surface area contributed by atoms with Gasteiger partial charge < -0.3 is 9.84 Å². The highest BCUT2D eigenvalue weighted by molar-refractivity contribution is 5.84. The quantitative estimate of drug-likeness (QED) is 0.814. The van der Waals surface area contributed by atoms with E-state index < -0.39 is 11.7 Å². The zero-order valence-corrected chi connectivity index (χ0v) is 9.73. The van der Waals surface area contributed by atoms with Crippen molar-refractivity contribution in [3.63, 3.8) is 0 Å². The van der Waals surface area contributed by atoms with Gasteiger partial charge in [-0.05, 0) is 20.8 Å². The largest absolute Gasteiger partial charge is 0.444 e. The molecule has 6 nitrogen and oxygen atoms in total. The Balaban J connectivity index is 2.50. The third-order valence-corrected chi connectivity index (χ3v) is 1.61. The fraction of sp³-hybridized carbons (Fsp3) is 0.600. The van der Waals surface area contributed by atoms with E-state index in [2.05, 4.69) is 10.4 Å². The smallest absolute Gasteiger partial charge is 0.412 e. The van der Waals surface area contributed by atoms with E-state index >= 15 is 0 Å². The van der Waals surface area contributed by atoms with Gasteiger partial charge in [0.2, 0.25) is 0 Å². The van der Waals surface area contributed by atoms with Crippen molar-refractivity contribution in [3.8, 4) is 0 Å². The average Bonchev–Trinajstić information content (AvgIpc) is 2.49. The van der Waals surface area contributed by atoms with E-state index in [0.29, 0.717) is 12.2 Å². The standard InChI is InChI=1S/C10H17N3O3/c1-10(2,3)16-9(15)12-8-6-11-13(7-8)4-5-14/h6-7,14H,4-5H2,1-3H3,(H,12,15). The SMILES string of the molecule is CC(C)(C)OC(=O)Nc1cnn(CCO)c1. The summed E-state index contributed by atoms with van der Waals surface area (Å²) in [5.74, 6) is 0. The fourth-order valence-electron chi connectivity index (χ4n) is 1.07. The number of rotatable bonds is 3. The van der Waals surface area contributed by atoms with Gasteiger partial charge in [-0.25, -0.2) is 4.79 Å². The molecule has 0 fully saturated rings. The summed E-state index contributed by atoms with van der Waals surface area (Å²) in [6.45, 7) is 5.79. The number of nitrogens with one attached hydrogen (secondary N) is 1. The van der Waals surface area contributed by atoms with Crippen LogP contribution >= 0.6 is 0 Å². The molecule has 6 heteroatoms. The third-order valence-electron chi connectivity index (χ3n) is 1.61. The molecule has 0 aliphatic carbocycles. The van der Waals surface area contributed by atoms with E-state index in [4.69, 9.17) is 9.84 Å². The maximum atomic E-state index is 11.4. The number of nitrogens with zero attached hydrogens (tertiary/aromatic N) is 2. The highest BCUT2D eigenvalue weighted by atomic mass is 16.6. The van der Waals surface area contributed by atoms with Crippen molar-refractivity contribution in [3.05, 3.63) is 12.4 Å². The summed E-state index contributed by atoms with van der Waals surface area (Å²) < 4.78 is 6.61. The lowest BCUT2D eigenvalue weighted by Gasteiger charge is -2.19. The van der Waals surface area contributed by atoms with Gasteiger partial charge in [0.15, 0.2) is 0 Å². The third kappa shape index (κ3) is 4.31. The van der Waals surface area contributed by atoms with Crippen molar-refractivity contribution in [2.45, 2.75) is 32.9 Å². The summed E-state index contributed by atoms with van der Waals surface area (Å²) in [5, 5.41) is 15.2. The van der Waals surface area contributed by atoms with E-state index in [9.17, 15) is 4.79 Å². The zero-order chi connectivity index (χ0) is 12.2. The molecular weight excluding hydrogens is 210 g/mol. The molecule has 90 valence electrons. The molecule has 1 aromatic heterocycles. The van der Waals surface area contributed by atoms with Crippen molar-refractivity contribution in [1.29, 1.82) is 0 Å². The lowest BCUT2D eigenvalue weighted by molar-refractivity contribution is 0.0636. The second kappa shape index (κ2) is 4.98. The van der Waals surface area contributed by atoms with Crippen LogP contribution in [0.25, 0.3) is 0 Å². The number of hydrogen-bond acceptors (Lipinski definition) is 4. The van der Waals surface area contributed by atoms with Crippen LogP contribution in [0.15, 0.2) is 12.4 Å². The van der Waals surface area contributed by atoms with E-state index in [1.807, 2.05) is 0 Å². The van der Waals surface area contributed by atoms with E-state index in [-0.39, 0.29) is 6.61 Å². The van der Waals surface area contributed by atoms with Crippen LogP contribution in [0.3, 0.4) is 0 Å². The predicted octanol–water partition coefficient (Wildman–Crippen LogP) is 1.22. The molecule has 0 atom stereocenters. The lowest BCUT2D eigenvalue weighted by Crippen LogP contribution is -2.27. The first kappa shape index (κ1) is 12.5. The Hall–Kier alpha value is -1.56. The maximum absolute atomic E-state index is 11.4. The Kier molecular flexibility index (Phi) is 3.89. The van der Waals surface area contributed by atoms with Crippen molar-refractivity contribution >= 4 is 11.8 Å². The molecule has 1 heterocycles. The van der Waals surface area contributed by atoms with Gasteiger partial charge in [0.1, 0.15) is 5.60 Å². The number of hydrogen-bond donors (Lipinski definition) is 2. The molecule has 2 N–H and O–H groups in total. The molecule has 0 unspecified atom stereocenters. The minimum absolute atomic E-state index is 0.00750. The first-order valence-corrected chi connectivity index (χ1v) is 5.04. The number of carbonyl (C=O) groups is 1. The van der Waals surface area contributed by atoms with Gasteiger partial charge in [-0.1, -0.05) is 0 Å². The van der Waals surface area contributed by atoms with Crippen molar-refractivity contribution < 1.29 is 14.6 Å². The second-order valence-corrected chi connectivity index (χ2v) is 4.34. The molecule has 0 spiro atoms. The molecule has 0 radical (unpaired) electrons. The van der Waals surface area contributed by atoms with Gasteiger partial charge in [-0.15, -0.1) is 0 Å². The summed E-state index contributed by atoms with van der Waals surface area (Å²) >= 11 is 0. The van der Waals surface area contributed by atoms with Gasteiger partial charge in [0.25, 0.3) is 0 Å². The molecule has 0 aromatic carbocycles. The van der Waals surface area contributed by atoms with Crippen LogP contribution in [0.5, 0.6) is 0 Å². The lowest BCUT2D eigenvalue weighted by atomic mass is 10.2. The number of carbonyl (C=O) groups excluding carboxylic acids is 1. The monoisotopic (exact) mass is 227 g/mol. The van der Waals surface area contributed by atoms with Crippen molar-refractivity contribution in [2.75, 3.05) is 11.9 Å². The zero-order valence-electron chi connectivity index (χ0n) is 9.73. The van der Waals surface area contributed by atoms with Gasteiger partial charge in [0, 0.05) is 6.20 Å². The Bertz CT molecular complexity index is 354. The molecule has 1 rings (SSSR count). The summed E-state index contributed by atoms with van der Waals surface area (Å²) in [4.78, 5) is 11.4. The molecule has 0 aliphatic heterocycles. The highest BCUT2D eigenvalue weighted by Crippen LogP contribution is 2.10. The van der Waals surface area contributed by atoms with Crippen LogP contribution in [0.1, 0.15) is 20.8 Å². The summed E-state index contributed by atoms with van der Waals surface area (Å²) in [6, 6.07) is 0. The minimum Gasteiger partial charge on any atom is -0.444 e. The van der Waals surface area contributed by atoms with E-state index in [1.165, 1.54) is 10.9 Å². The Morgan fingerprint density at radius 2 is 2.31 bits per heavy atom. The number of aliphatic hydroxyl groups is 1. The van der Waals surface area contributed by atoms with E-state index in [0.717, 1.165) is 0 Å². The van der Waals surface area contributed by atoms with Crippen LogP contribution in [0, 0.1) is 0 Å². The van der Waals surface area contributed by atoms with Gasteiger partial charge in [-0.2, -0.15) is 5.10 Å². The molecule has 1 aromatic rings. The number of anilines is 1. The molecule has 0 saturated carbocycles. The van der Waals surface area contributed by atoms with Crippen molar-refractivity contribution in [1.82, 2.24) is 9.78 Å². The molecule has 0 aliphatic rings. The first-order valence-electron chi connectivity index (χ1n) is 5.04. The van der Waals surface area contributed by atoms with Crippen LogP contribution in [0.4, 0.5) is 10.5 Å². The normalized spacial score (nSPS) is 11.2. The highest BCUT2D eigenvalue weighted by Gasteiger charge is 2.16. The van der Waals surface area contributed by atoms with Gasteiger partial charge >= 0.3 is 6.09 Å². The molecule has 0 bridgehead atoms. The second-order valence-electron chi connectivity index (χ2n) is 4.34. The van der Waals surface area contributed by atoms with E-state index in [1.54, 1.807) is 27.0 Å². The summed E-state index contributed by atoms with van der Waals surface area (Å²) in [7, 11) is 0. The fourth-order valence-corrected chi connectivity index (χ4v) is 1.07. The Morgan fingerprint density at radius 1 is 1.62 bits per heavy atom. The number of ether oxygens (including phenoxy) is 1. The Morgan fingerprint density at radius 3 is 2.88 bits per heavy atom. The minimum atomic E-state index is -0.523. The number of aliphatic hydroxyl groups excluding tert-OH is 1. The molecule has 16 heavy (non-hydrogen) atoms. The van der Waals surface area contributed by atoms with Crippen LogP contribution in [-0.4, -0.2) is 33.2 Å². The average molecular weight is 227 g/mol. The number of aromatic nitrogens is 2. The van der Waals surface area contributed by atoms with Crippen molar-refractivity contribution in [2.24, 2.45) is 0 Å². The summed E-state index contributed by atoms with van der Waals surface area (Å²) in [5.41, 5.74) is 0.0215. The predicted molar refractivity (Wildman–Crippen MR) is 59.2 cm³/mol. The maximum Gasteiger partial charge on any atom is 0.412 e.